The maximum atomic E-state index is 13.2. The van der Waals surface area contributed by atoms with Crippen LogP contribution < -0.4 is 5.32 Å². The van der Waals surface area contributed by atoms with E-state index in [1.54, 1.807) is 41.6 Å². The van der Waals surface area contributed by atoms with Crippen LogP contribution in [0.4, 0.5) is 8.78 Å². The number of nitrogens with zero attached hydrogens (tertiary/aromatic N) is 3. The number of rotatable bonds is 4. The molecule has 1 amide bonds. The number of aromatic nitrogens is 3. The Kier molecular flexibility index (Phi) is 4.52. The van der Waals surface area contributed by atoms with E-state index in [0.29, 0.717) is 5.82 Å². The van der Waals surface area contributed by atoms with Gasteiger partial charge in [-0.2, -0.15) is 0 Å². The Morgan fingerprint density at radius 3 is 2.71 bits per heavy atom. The van der Waals surface area contributed by atoms with Crippen molar-refractivity contribution in [2.75, 3.05) is 0 Å². The lowest BCUT2D eigenvalue weighted by atomic mass is 10.2. The third-order valence-electron chi connectivity index (χ3n) is 3.29. The van der Waals surface area contributed by atoms with Crippen molar-refractivity contribution < 1.29 is 13.6 Å². The molecular formula is C16H11ClF2N4O. The van der Waals surface area contributed by atoms with Gasteiger partial charge in [-0.1, -0.05) is 17.7 Å². The molecule has 0 radical (unpaired) electrons. The summed E-state index contributed by atoms with van der Waals surface area (Å²) in [5, 5.41) is 2.43. The minimum Gasteiger partial charge on any atom is -0.348 e. The van der Waals surface area contributed by atoms with Crippen molar-refractivity contribution in [3.8, 4) is 5.82 Å². The Hall–Kier alpha value is -2.80. The first kappa shape index (κ1) is 16.1. The van der Waals surface area contributed by atoms with Crippen molar-refractivity contribution in [2.24, 2.45) is 0 Å². The molecule has 0 saturated carbocycles. The van der Waals surface area contributed by atoms with Crippen molar-refractivity contribution in [3.05, 3.63) is 77.0 Å². The fourth-order valence-corrected chi connectivity index (χ4v) is 2.28. The number of amides is 1. The van der Waals surface area contributed by atoms with E-state index in [1.807, 2.05) is 0 Å². The third-order valence-corrected chi connectivity index (χ3v) is 3.60. The molecule has 122 valence electrons. The maximum Gasteiger partial charge on any atom is 0.253 e. The molecule has 3 rings (SSSR count). The molecule has 8 heteroatoms. The van der Waals surface area contributed by atoms with Gasteiger partial charge in [0, 0.05) is 25.1 Å². The van der Waals surface area contributed by atoms with Crippen LogP contribution in [0, 0.1) is 11.6 Å². The Morgan fingerprint density at radius 2 is 2.04 bits per heavy atom. The highest BCUT2D eigenvalue weighted by atomic mass is 35.5. The van der Waals surface area contributed by atoms with Gasteiger partial charge in [-0.25, -0.2) is 18.7 Å². The highest BCUT2D eigenvalue weighted by Gasteiger charge is 2.14. The minimum atomic E-state index is -1.13. The average molecular weight is 349 g/mol. The Morgan fingerprint density at radius 1 is 1.25 bits per heavy atom. The molecule has 0 unspecified atom stereocenters. The highest BCUT2D eigenvalue weighted by molar-refractivity contribution is 6.33. The van der Waals surface area contributed by atoms with Gasteiger partial charge in [0.2, 0.25) is 0 Å². The van der Waals surface area contributed by atoms with E-state index in [2.05, 4.69) is 15.3 Å². The lowest BCUT2D eigenvalue weighted by molar-refractivity contribution is 0.0950. The van der Waals surface area contributed by atoms with Gasteiger partial charge < -0.3 is 5.32 Å². The maximum absolute atomic E-state index is 13.2. The normalized spacial score (nSPS) is 10.6. The fraction of sp³-hybridized carbons (Fsp3) is 0.0625. The second-order valence-corrected chi connectivity index (χ2v) is 5.33. The van der Waals surface area contributed by atoms with Crippen LogP contribution in [0.1, 0.15) is 15.9 Å². The highest BCUT2D eigenvalue weighted by Crippen LogP contribution is 2.20. The third kappa shape index (κ3) is 3.41. The van der Waals surface area contributed by atoms with Crippen molar-refractivity contribution in [1.29, 1.82) is 0 Å². The van der Waals surface area contributed by atoms with Gasteiger partial charge in [0.15, 0.2) is 11.6 Å². The molecule has 1 aromatic carbocycles. The molecular weight excluding hydrogens is 338 g/mol. The van der Waals surface area contributed by atoms with Crippen LogP contribution in [0.2, 0.25) is 5.02 Å². The zero-order chi connectivity index (χ0) is 17.1. The Labute approximate surface area is 140 Å². The standard InChI is InChI=1S/C16H11ClF2N4O/c17-12-6-14(19)13(18)5-11(12)16(24)22-8-10-1-2-15(21-7-10)23-4-3-20-9-23/h1-7,9H,8H2,(H,22,24). The summed E-state index contributed by atoms with van der Waals surface area (Å²) in [4.78, 5) is 20.2. The lowest BCUT2D eigenvalue weighted by Crippen LogP contribution is -2.23. The summed E-state index contributed by atoms with van der Waals surface area (Å²) in [6, 6.07) is 5.10. The van der Waals surface area contributed by atoms with Gasteiger partial charge in [0.1, 0.15) is 12.1 Å². The minimum absolute atomic E-state index is 0.126. The molecule has 0 aliphatic rings. The molecule has 3 aromatic rings. The van der Waals surface area contributed by atoms with Crippen LogP contribution in [0.3, 0.4) is 0 Å². The summed E-state index contributed by atoms with van der Waals surface area (Å²) in [5.41, 5.74) is 0.615. The van der Waals surface area contributed by atoms with Gasteiger partial charge in [-0.3, -0.25) is 9.36 Å². The van der Waals surface area contributed by atoms with Crippen LogP contribution in [-0.4, -0.2) is 20.4 Å². The van der Waals surface area contributed by atoms with Gasteiger partial charge in [-0.05, 0) is 23.8 Å². The predicted molar refractivity (Wildman–Crippen MR) is 83.9 cm³/mol. The molecule has 0 spiro atoms. The first-order valence-corrected chi connectivity index (χ1v) is 7.28. The van der Waals surface area contributed by atoms with E-state index in [1.165, 1.54) is 0 Å². The molecule has 0 aliphatic heterocycles. The quantitative estimate of drug-likeness (QED) is 0.737. The van der Waals surface area contributed by atoms with Crippen LogP contribution in [0.25, 0.3) is 5.82 Å². The number of hydrogen-bond donors (Lipinski definition) is 1. The molecule has 24 heavy (non-hydrogen) atoms. The molecule has 2 aromatic heterocycles. The molecule has 0 aliphatic carbocycles. The molecule has 0 fully saturated rings. The number of pyridine rings is 1. The first-order chi connectivity index (χ1) is 11.5. The summed E-state index contributed by atoms with van der Waals surface area (Å²) < 4.78 is 28.0. The smallest absolute Gasteiger partial charge is 0.253 e. The molecule has 5 nitrogen and oxygen atoms in total. The molecule has 2 heterocycles. The van der Waals surface area contributed by atoms with E-state index in [0.717, 1.165) is 17.7 Å². The summed E-state index contributed by atoms with van der Waals surface area (Å²) >= 11 is 5.77. The average Bonchev–Trinajstić information content (AvgIpc) is 3.11. The number of imidazole rings is 1. The van der Waals surface area contributed by atoms with Gasteiger partial charge in [-0.15, -0.1) is 0 Å². The van der Waals surface area contributed by atoms with Crippen molar-refractivity contribution >= 4 is 17.5 Å². The second-order valence-electron chi connectivity index (χ2n) is 4.92. The summed E-state index contributed by atoms with van der Waals surface area (Å²) in [6.45, 7) is 0.172. The number of nitrogens with one attached hydrogen (secondary N) is 1. The number of halogens is 3. The SMILES string of the molecule is O=C(NCc1ccc(-n2ccnc2)nc1)c1cc(F)c(F)cc1Cl. The summed E-state index contributed by atoms with van der Waals surface area (Å²) in [6.07, 6.45) is 6.62. The Balaban J connectivity index is 1.67. The predicted octanol–water partition coefficient (Wildman–Crippen LogP) is 3.13. The first-order valence-electron chi connectivity index (χ1n) is 6.90. The van der Waals surface area contributed by atoms with Crippen LogP contribution in [0.5, 0.6) is 0 Å². The Bertz CT molecular complexity index is 867. The number of hydrogen-bond acceptors (Lipinski definition) is 3. The summed E-state index contributed by atoms with van der Waals surface area (Å²) in [5.74, 6) is -2.14. The zero-order valence-electron chi connectivity index (χ0n) is 12.2. The monoisotopic (exact) mass is 348 g/mol. The zero-order valence-corrected chi connectivity index (χ0v) is 13.0. The van der Waals surface area contributed by atoms with Gasteiger partial charge in [0.05, 0.1) is 10.6 Å². The van der Waals surface area contributed by atoms with Gasteiger partial charge >= 0.3 is 0 Å². The van der Waals surface area contributed by atoms with Crippen LogP contribution >= 0.6 is 11.6 Å². The van der Waals surface area contributed by atoms with E-state index in [9.17, 15) is 13.6 Å². The van der Waals surface area contributed by atoms with E-state index < -0.39 is 17.5 Å². The number of carbonyl (C=O) groups excluding carboxylic acids is 1. The molecule has 0 bridgehead atoms. The van der Waals surface area contributed by atoms with E-state index >= 15 is 0 Å². The van der Waals surface area contributed by atoms with E-state index in [4.69, 9.17) is 11.6 Å². The molecule has 0 atom stereocenters. The van der Waals surface area contributed by atoms with Crippen molar-refractivity contribution in [1.82, 2.24) is 19.9 Å². The fourth-order valence-electron chi connectivity index (χ4n) is 2.04. The molecule has 0 saturated heterocycles. The van der Waals surface area contributed by atoms with Crippen LogP contribution in [-0.2, 0) is 6.54 Å². The number of benzene rings is 1. The van der Waals surface area contributed by atoms with Gasteiger partial charge in [0.25, 0.3) is 5.91 Å². The molecule has 1 N–H and O–H groups in total. The second kappa shape index (κ2) is 6.76. The van der Waals surface area contributed by atoms with Crippen molar-refractivity contribution in [3.63, 3.8) is 0 Å². The van der Waals surface area contributed by atoms with Crippen LogP contribution in [0.15, 0.2) is 49.2 Å². The number of carbonyl (C=O) groups is 1. The largest absolute Gasteiger partial charge is 0.348 e. The van der Waals surface area contributed by atoms with Crippen molar-refractivity contribution in [2.45, 2.75) is 6.54 Å². The topological polar surface area (TPSA) is 59.8 Å². The summed E-state index contributed by atoms with van der Waals surface area (Å²) in [7, 11) is 0. The van der Waals surface area contributed by atoms with E-state index in [-0.39, 0.29) is 17.1 Å². The lowest BCUT2D eigenvalue weighted by Gasteiger charge is -2.08.